The fourth-order valence-corrected chi connectivity index (χ4v) is 7.41. The van der Waals surface area contributed by atoms with Crippen molar-refractivity contribution in [2.24, 2.45) is 0 Å². The van der Waals surface area contributed by atoms with Crippen molar-refractivity contribution < 1.29 is 29.1 Å². The number of Topliss-reactive ketones (excluding diaryl/α,β-unsaturated/α-hetero) is 1. The predicted molar refractivity (Wildman–Crippen MR) is 146 cm³/mol. The second kappa shape index (κ2) is 10.2. The number of carboxylic acid groups (broad SMARTS) is 1. The fraction of sp³-hybridized carbons (Fsp3) is 0.429. The van der Waals surface area contributed by atoms with E-state index in [-0.39, 0.29) is 23.3 Å². The van der Waals surface area contributed by atoms with E-state index in [1.807, 2.05) is 6.92 Å². The molecule has 3 N–H and O–H groups in total. The minimum absolute atomic E-state index is 0.0236. The minimum Gasteiger partial charge on any atom is -0.480 e. The number of ketones is 1. The van der Waals surface area contributed by atoms with E-state index >= 15 is 0 Å². The predicted octanol–water partition coefficient (Wildman–Crippen LogP) is 1.49. The van der Waals surface area contributed by atoms with Crippen molar-refractivity contribution in [3.05, 3.63) is 69.1 Å². The van der Waals surface area contributed by atoms with Crippen LogP contribution in [0.1, 0.15) is 71.6 Å². The molecular weight excluding hydrogens is 536 g/mol. The zero-order chi connectivity index (χ0) is 28.9. The molecule has 210 valence electrons. The van der Waals surface area contributed by atoms with E-state index in [4.69, 9.17) is 0 Å². The molecule has 5 rings (SSSR count). The first-order valence-corrected chi connectivity index (χ1v) is 14.0. The van der Waals surface area contributed by atoms with Crippen LogP contribution in [0, 0.1) is 0 Å². The largest absolute Gasteiger partial charge is 0.480 e. The summed E-state index contributed by atoms with van der Waals surface area (Å²) < 4.78 is 0.960. The molecule has 40 heavy (non-hydrogen) atoms. The van der Waals surface area contributed by atoms with Gasteiger partial charge in [0.1, 0.15) is 29.1 Å². The molecule has 2 saturated heterocycles. The Kier molecular flexibility index (Phi) is 7.07. The molecule has 1 aliphatic carbocycles. The second-order valence-corrected chi connectivity index (χ2v) is 12.4. The number of carbonyl (C=O) groups is 5. The van der Waals surface area contributed by atoms with Crippen LogP contribution in [-0.2, 0) is 27.3 Å². The van der Waals surface area contributed by atoms with Crippen molar-refractivity contribution in [1.82, 2.24) is 20.1 Å². The van der Waals surface area contributed by atoms with Gasteiger partial charge < -0.3 is 25.2 Å². The number of hydrogen-bond acceptors (Lipinski definition) is 7. The van der Waals surface area contributed by atoms with E-state index in [2.05, 4.69) is 10.6 Å². The normalized spacial score (nSPS) is 23.5. The number of hydrogen-bond donors (Lipinski definition) is 3. The highest BCUT2D eigenvalue weighted by atomic mass is 32.2. The molecule has 1 aromatic carbocycles. The Balaban J connectivity index is 1.42. The summed E-state index contributed by atoms with van der Waals surface area (Å²) in [6.07, 6.45) is 2.85. The number of aliphatic carboxylic acids is 1. The Labute approximate surface area is 234 Å². The quantitative estimate of drug-likeness (QED) is 0.426. The number of pyridine rings is 1. The molecule has 0 bridgehead atoms. The number of aryl methyl sites for hydroxylation is 1. The number of thioether (sulfide) groups is 1. The number of nitrogens with one attached hydrogen (secondary N) is 2. The average molecular weight is 567 g/mol. The Morgan fingerprint density at radius 2 is 1.82 bits per heavy atom. The third kappa shape index (κ3) is 4.49. The van der Waals surface area contributed by atoms with Gasteiger partial charge in [-0.05, 0) is 39.2 Å². The van der Waals surface area contributed by atoms with Gasteiger partial charge in [0.25, 0.3) is 5.91 Å². The van der Waals surface area contributed by atoms with Crippen molar-refractivity contribution in [3.8, 4) is 0 Å². The maximum atomic E-state index is 13.6. The molecule has 4 atom stereocenters. The van der Waals surface area contributed by atoms with Crippen LogP contribution < -0.4 is 16.1 Å². The van der Waals surface area contributed by atoms with Gasteiger partial charge >= 0.3 is 5.97 Å². The molecule has 3 amide bonds. The molecule has 3 heterocycles. The Bertz CT molecular complexity index is 1490. The number of benzene rings is 1. The van der Waals surface area contributed by atoms with E-state index < -0.39 is 57.4 Å². The highest BCUT2D eigenvalue weighted by Crippen LogP contribution is 2.50. The first-order chi connectivity index (χ1) is 19.0. The number of nitrogens with zero attached hydrogens (tertiary/aromatic N) is 2. The smallest absolute Gasteiger partial charge is 0.327 e. The standard InChI is InChI=1S/C28H30N4O7S/c1-4-31-13-15(21(34)18-16(31)11-8-12-17(18)33)23(35)29-19(14-9-6-5-7-10-14)24(36)30-20-25(37)32-22(27(38)39)28(2,3)40-26(20)32/h5-7,9-10,13,19-20,22,26H,4,8,11-12H2,1-3H3,(H,29,35)(H,30,36)(H,38,39)/t19?,20-,22+,26-/m1/s1. The van der Waals surface area contributed by atoms with Crippen LogP contribution >= 0.6 is 11.8 Å². The summed E-state index contributed by atoms with van der Waals surface area (Å²) in [6, 6.07) is 5.13. The van der Waals surface area contributed by atoms with Crippen LogP contribution in [0.3, 0.4) is 0 Å². The summed E-state index contributed by atoms with van der Waals surface area (Å²) >= 11 is 1.29. The molecule has 2 aliphatic heterocycles. The molecule has 3 aliphatic rings. The van der Waals surface area contributed by atoms with Crippen molar-refractivity contribution in [1.29, 1.82) is 0 Å². The van der Waals surface area contributed by atoms with Crippen molar-refractivity contribution in [3.63, 3.8) is 0 Å². The van der Waals surface area contributed by atoms with E-state index in [0.29, 0.717) is 30.6 Å². The van der Waals surface area contributed by atoms with Crippen molar-refractivity contribution in [2.45, 2.75) is 74.8 Å². The lowest BCUT2D eigenvalue weighted by molar-refractivity contribution is -0.161. The monoisotopic (exact) mass is 566 g/mol. The summed E-state index contributed by atoms with van der Waals surface area (Å²) in [6.45, 7) is 5.77. The van der Waals surface area contributed by atoms with Crippen molar-refractivity contribution >= 4 is 41.2 Å². The van der Waals surface area contributed by atoms with Gasteiger partial charge in [0.2, 0.25) is 17.2 Å². The molecule has 1 aromatic heterocycles. The van der Waals surface area contributed by atoms with Gasteiger partial charge in [-0.2, -0.15) is 0 Å². The van der Waals surface area contributed by atoms with Gasteiger partial charge in [0, 0.05) is 29.6 Å². The molecule has 11 nitrogen and oxygen atoms in total. The summed E-state index contributed by atoms with van der Waals surface area (Å²) in [5, 5.41) is 14.4. The van der Waals surface area contributed by atoms with E-state index in [1.54, 1.807) is 48.7 Å². The summed E-state index contributed by atoms with van der Waals surface area (Å²) in [5.74, 6) is -3.43. The van der Waals surface area contributed by atoms with Crippen LogP contribution in [0.25, 0.3) is 0 Å². The SMILES string of the molecule is CCn1cc(C(=O)NC(C(=O)N[C@@H]2C(=O)N3[C@@H]2SC(C)(C)[C@@H]3C(=O)O)c2ccccc2)c(=O)c2c1CCCC2=O. The maximum Gasteiger partial charge on any atom is 0.327 e. The molecule has 1 unspecified atom stereocenters. The van der Waals surface area contributed by atoms with Gasteiger partial charge in [-0.25, -0.2) is 4.79 Å². The summed E-state index contributed by atoms with van der Waals surface area (Å²) in [7, 11) is 0. The minimum atomic E-state index is -1.26. The lowest BCUT2D eigenvalue weighted by Crippen LogP contribution is -2.71. The zero-order valence-electron chi connectivity index (χ0n) is 22.3. The average Bonchev–Trinajstić information content (AvgIpc) is 3.18. The van der Waals surface area contributed by atoms with Crippen LogP contribution in [0.2, 0.25) is 0 Å². The lowest BCUT2D eigenvalue weighted by atomic mass is 9.92. The molecular formula is C28H30N4O7S. The fourth-order valence-electron chi connectivity index (χ4n) is 5.78. The van der Waals surface area contributed by atoms with E-state index in [9.17, 15) is 33.9 Å². The highest BCUT2D eigenvalue weighted by molar-refractivity contribution is 8.01. The molecule has 0 radical (unpaired) electrons. The van der Waals surface area contributed by atoms with Crippen LogP contribution in [0.4, 0.5) is 0 Å². The first kappa shape index (κ1) is 27.6. The maximum absolute atomic E-state index is 13.6. The topological polar surface area (TPSA) is 155 Å². The number of amides is 3. The molecule has 2 aromatic rings. The van der Waals surface area contributed by atoms with Gasteiger partial charge in [0.05, 0.1) is 5.56 Å². The number of rotatable bonds is 7. The lowest BCUT2D eigenvalue weighted by Gasteiger charge is -2.44. The van der Waals surface area contributed by atoms with Gasteiger partial charge in [-0.15, -0.1) is 11.8 Å². The van der Waals surface area contributed by atoms with Crippen LogP contribution in [0.15, 0.2) is 41.3 Å². The molecule has 2 fully saturated rings. The van der Waals surface area contributed by atoms with Gasteiger partial charge in [-0.3, -0.25) is 24.0 Å². The summed E-state index contributed by atoms with van der Waals surface area (Å²) in [5.41, 5.74) is 0.151. The van der Waals surface area contributed by atoms with Gasteiger partial charge in [-0.1, -0.05) is 30.3 Å². The van der Waals surface area contributed by atoms with Crippen molar-refractivity contribution in [2.75, 3.05) is 0 Å². The van der Waals surface area contributed by atoms with Gasteiger partial charge in [0.15, 0.2) is 5.78 Å². The third-order valence-corrected chi connectivity index (χ3v) is 9.29. The second-order valence-electron chi connectivity index (χ2n) is 10.7. The van der Waals surface area contributed by atoms with Crippen LogP contribution in [-0.4, -0.2) is 66.3 Å². The first-order valence-electron chi connectivity index (χ1n) is 13.1. The molecule has 0 spiro atoms. The molecule has 12 heteroatoms. The summed E-state index contributed by atoms with van der Waals surface area (Å²) in [4.78, 5) is 78.9. The number of carboxylic acids is 1. The Morgan fingerprint density at radius 1 is 1.12 bits per heavy atom. The van der Waals surface area contributed by atoms with E-state index in [1.165, 1.54) is 22.9 Å². The number of aromatic nitrogens is 1. The number of fused-ring (bicyclic) bond motifs is 2. The Hall–Kier alpha value is -3.93. The number of carbonyl (C=O) groups excluding carboxylic acids is 4. The Morgan fingerprint density at radius 3 is 2.48 bits per heavy atom. The molecule has 0 saturated carbocycles. The zero-order valence-corrected chi connectivity index (χ0v) is 23.1. The third-order valence-electron chi connectivity index (χ3n) is 7.72. The number of β-lactam (4-membered cyclic amide) rings is 1. The highest BCUT2D eigenvalue weighted by Gasteiger charge is 2.64. The van der Waals surface area contributed by atoms with Crippen LogP contribution in [0.5, 0.6) is 0 Å². The van der Waals surface area contributed by atoms with E-state index in [0.717, 1.165) is 0 Å².